The maximum atomic E-state index is 4.71. The molecule has 0 amide bonds. The van der Waals surface area contributed by atoms with Crippen LogP contribution in [0.3, 0.4) is 0 Å². The Kier molecular flexibility index (Phi) is 2.47. The van der Waals surface area contributed by atoms with Gasteiger partial charge in [-0.3, -0.25) is 0 Å². The van der Waals surface area contributed by atoms with Crippen molar-refractivity contribution in [2.75, 3.05) is 7.05 Å². The summed E-state index contributed by atoms with van der Waals surface area (Å²) in [5, 5.41) is 4.71. The minimum absolute atomic E-state index is 0.533. The zero-order chi connectivity index (χ0) is 12.4. The van der Waals surface area contributed by atoms with E-state index < -0.39 is 0 Å². The maximum absolute atomic E-state index is 4.71. The highest BCUT2D eigenvalue weighted by atomic mass is 14.9. The van der Waals surface area contributed by atoms with Crippen molar-refractivity contribution in [3.8, 4) is 0 Å². The molecule has 4 rings (SSSR count). The van der Waals surface area contributed by atoms with Crippen LogP contribution < -0.4 is 0 Å². The third-order valence-corrected chi connectivity index (χ3v) is 6.86. The van der Waals surface area contributed by atoms with E-state index in [9.17, 15) is 0 Å². The monoisotopic (exact) mass is 234 g/mol. The van der Waals surface area contributed by atoms with Gasteiger partial charge in [0, 0.05) is 0 Å². The molecular formula is C16H28N-. The van der Waals surface area contributed by atoms with E-state index in [-0.39, 0.29) is 0 Å². The maximum Gasteiger partial charge on any atom is -0.0280 e. The summed E-state index contributed by atoms with van der Waals surface area (Å²) in [6.07, 6.45) is 5.78. The molecule has 0 aromatic rings. The second kappa shape index (κ2) is 3.50. The third-order valence-electron chi connectivity index (χ3n) is 6.86. The van der Waals surface area contributed by atoms with E-state index in [2.05, 4.69) is 27.7 Å². The highest BCUT2D eigenvalue weighted by Gasteiger charge is 2.62. The van der Waals surface area contributed by atoms with Crippen molar-refractivity contribution < 1.29 is 0 Å². The Bertz CT molecular complexity index is 323. The van der Waals surface area contributed by atoms with Gasteiger partial charge in [0.15, 0.2) is 0 Å². The molecule has 98 valence electrons. The zero-order valence-corrected chi connectivity index (χ0v) is 12.2. The Morgan fingerprint density at radius 1 is 1.12 bits per heavy atom. The molecule has 0 aliphatic heterocycles. The van der Waals surface area contributed by atoms with Crippen LogP contribution in [0.2, 0.25) is 0 Å². The van der Waals surface area contributed by atoms with Gasteiger partial charge < -0.3 is 5.32 Å². The van der Waals surface area contributed by atoms with Crippen LogP contribution in [-0.2, 0) is 0 Å². The van der Waals surface area contributed by atoms with Crippen molar-refractivity contribution in [3.63, 3.8) is 0 Å². The number of nitrogens with zero attached hydrogens (tertiary/aromatic N) is 1. The van der Waals surface area contributed by atoms with E-state index in [1.807, 2.05) is 7.05 Å². The van der Waals surface area contributed by atoms with E-state index in [4.69, 9.17) is 5.32 Å². The molecule has 4 aliphatic carbocycles. The first-order valence-electron chi connectivity index (χ1n) is 7.49. The molecule has 0 radical (unpaired) electrons. The fourth-order valence-corrected chi connectivity index (χ4v) is 5.80. The lowest BCUT2D eigenvalue weighted by atomic mass is 9.47. The van der Waals surface area contributed by atoms with Gasteiger partial charge in [-0.2, -0.15) is 7.05 Å². The molecule has 4 saturated carbocycles. The van der Waals surface area contributed by atoms with Gasteiger partial charge in [-0.1, -0.05) is 34.1 Å². The SMILES string of the molecule is C[N-][C@@H]1C[C@]2(C)[C@H]3C[C@H](C(C)C)[C@@H]2C[C@]1(C)C3. The molecule has 0 heterocycles. The Hall–Kier alpha value is -0.0400. The third kappa shape index (κ3) is 1.41. The number of fused-ring (bicyclic) bond motifs is 1. The van der Waals surface area contributed by atoms with Crippen molar-refractivity contribution in [2.45, 2.75) is 59.4 Å². The van der Waals surface area contributed by atoms with E-state index in [0.29, 0.717) is 16.9 Å². The molecule has 0 saturated heterocycles. The fraction of sp³-hybridized carbons (Fsp3) is 1.00. The zero-order valence-electron chi connectivity index (χ0n) is 12.2. The van der Waals surface area contributed by atoms with E-state index in [1.54, 1.807) is 0 Å². The first kappa shape index (κ1) is 12.0. The lowest BCUT2D eigenvalue weighted by Crippen LogP contribution is -2.54. The molecule has 0 unspecified atom stereocenters. The average Bonchev–Trinajstić information content (AvgIpc) is 2.44. The summed E-state index contributed by atoms with van der Waals surface area (Å²) >= 11 is 0. The predicted molar refractivity (Wildman–Crippen MR) is 73.1 cm³/mol. The molecule has 1 heteroatoms. The molecular weight excluding hydrogens is 206 g/mol. The average molecular weight is 234 g/mol. The summed E-state index contributed by atoms with van der Waals surface area (Å²) in [6.45, 7) is 9.98. The molecule has 6 atom stereocenters. The van der Waals surface area contributed by atoms with Crippen LogP contribution in [0.4, 0.5) is 0 Å². The second-order valence-electron chi connectivity index (χ2n) is 7.99. The van der Waals surface area contributed by atoms with Gasteiger partial charge in [0.05, 0.1) is 0 Å². The van der Waals surface area contributed by atoms with Gasteiger partial charge in [-0.15, -0.1) is 6.04 Å². The van der Waals surface area contributed by atoms with Gasteiger partial charge in [-0.25, -0.2) is 0 Å². The largest absolute Gasteiger partial charge is 0.662 e. The Morgan fingerprint density at radius 2 is 1.82 bits per heavy atom. The summed E-state index contributed by atoms with van der Waals surface area (Å²) in [6, 6.07) is 0.644. The second-order valence-corrected chi connectivity index (χ2v) is 7.99. The molecule has 17 heavy (non-hydrogen) atoms. The number of hydrogen-bond donors (Lipinski definition) is 0. The first-order valence-corrected chi connectivity index (χ1v) is 7.49. The molecule has 4 aliphatic rings. The van der Waals surface area contributed by atoms with Crippen LogP contribution in [0.25, 0.3) is 5.32 Å². The lowest BCUT2D eigenvalue weighted by molar-refractivity contribution is -0.0723. The fourth-order valence-electron chi connectivity index (χ4n) is 5.80. The first-order chi connectivity index (χ1) is 7.90. The molecule has 0 spiro atoms. The van der Waals surface area contributed by atoms with Crippen molar-refractivity contribution in [3.05, 3.63) is 5.32 Å². The molecule has 0 N–H and O–H groups in total. The van der Waals surface area contributed by atoms with E-state index >= 15 is 0 Å². The van der Waals surface area contributed by atoms with Gasteiger partial charge in [-0.05, 0) is 53.8 Å². The normalized spacial score (nSPS) is 56.8. The van der Waals surface area contributed by atoms with E-state index in [0.717, 1.165) is 23.7 Å². The highest BCUT2D eigenvalue weighted by Crippen LogP contribution is 2.71. The van der Waals surface area contributed by atoms with Crippen LogP contribution in [0.15, 0.2) is 0 Å². The van der Waals surface area contributed by atoms with Crippen molar-refractivity contribution in [1.82, 2.24) is 0 Å². The van der Waals surface area contributed by atoms with Gasteiger partial charge in [0.25, 0.3) is 0 Å². The summed E-state index contributed by atoms with van der Waals surface area (Å²) in [5.41, 5.74) is 1.16. The van der Waals surface area contributed by atoms with Gasteiger partial charge in [0.1, 0.15) is 0 Å². The summed E-state index contributed by atoms with van der Waals surface area (Å²) in [4.78, 5) is 0. The molecule has 0 aromatic carbocycles. The Labute approximate surface area is 107 Å². The summed E-state index contributed by atoms with van der Waals surface area (Å²) in [5.74, 6) is 3.85. The van der Waals surface area contributed by atoms with E-state index in [1.165, 1.54) is 25.7 Å². The van der Waals surface area contributed by atoms with Crippen LogP contribution in [-0.4, -0.2) is 13.1 Å². The van der Waals surface area contributed by atoms with Gasteiger partial charge >= 0.3 is 0 Å². The summed E-state index contributed by atoms with van der Waals surface area (Å²) < 4.78 is 0. The topological polar surface area (TPSA) is 14.1 Å². The number of rotatable bonds is 2. The minimum atomic E-state index is 0.533. The molecule has 4 fully saturated rings. The molecule has 4 bridgehead atoms. The minimum Gasteiger partial charge on any atom is -0.662 e. The van der Waals surface area contributed by atoms with Crippen LogP contribution in [0.5, 0.6) is 0 Å². The highest BCUT2D eigenvalue weighted by molar-refractivity contribution is 5.19. The standard InChI is InChI=1S/C16H28N/c1-10(2)12-6-11-7-15(3)8-13(12)16(11,4)9-14(15)17-5/h10-14H,6-9H2,1-5H3/q-1/t11-,12+,13-,14+,15-,16+/m0/s1. The predicted octanol–water partition coefficient (Wildman–Crippen LogP) is 4.48. The molecule has 0 aromatic heterocycles. The molecule has 1 nitrogen and oxygen atoms in total. The lowest BCUT2D eigenvalue weighted by Gasteiger charge is -2.64. The van der Waals surface area contributed by atoms with Crippen LogP contribution in [0.1, 0.15) is 53.4 Å². The van der Waals surface area contributed by atoms with Crippen LogP contribution >= 0.6 is 0 Å². The number of hydrogen-bond acceptors (Lipinski definition) is 0. The Morgan fingerprint density at radius 3 is 2.41 bits per heavy atom. The van der Waals surface area contributed by atoms with Crippen LogP contribution in [0, 0.1) is 34.5 Å². The smallest absolute Gasteiger partial charge is 0.0280 e. The summed E-state index contributed by atoms with van der Waals surface area (Å²) in [7, 11) is 2.04. The van der Waals surface area contributed by atoms with Crippen molar-refractivity contribution in [1.29, 1.82) is 0 Å². The van der Waals surface area contributed by atoms with Gasteiger partial charge in [0.2, 0.25) is 0 Å². The van der Waals surface area contributed by atoms with Crippen molar-refractivity contribution in [2.24, 2.45) is 34.5 Å². The quantitative estimate of drug-likeness (QED) is 0.669. The van der Waals surface area contributed by atoms with Crippen molar-refractivity contribution >= 4 is 0 Å². The Balaban J connectivity index is 1.95.